The lowest BCUT2D eigenvalue weighted by molar-refractivity contribution is -0.384. The first-order chi connectivity index (χ1) is 8.50. The Hall–Kier alpha value is -2.28. The predicted octanol–water partition coefficient (Wildman–Crippen LogP) is 1.93. The van der Waals surface area contributed by atoms with E-state index in [9.17, 15) is 19.3 Å². The van der Waals surface area contributed by atoms with Crippen LogP contribution >= 0.6 is 11.6 Å². The zero-order valence-electron chi connectivity index (χ0n) is 8.71. The topological polar surface area (TPSA) is 78.0 Å². The first-order valence-corrected chi connectivity index (χ1v) is 5.06. The molecule has 2 aromatic rings. The summed E-state index contributed by atoms with van der Waals surface area (Å²) >= 11 is 5.46. The van der Waals surface area contributed by atoms with E-state index in [0.29, 0.717) is 0 Å². The fourth-order valence-electron chi connectivity index (χ4n) is 1.31. The molecule has 0 N–H and O–H groups in total. The molecule has 0 fully saturated rings. The molecule has 6 nitrogen and oxygen atoms in total. The second-order valence-electron chi connectivity index (χ2n) is 3.30. The van der Waals surface area contributed by atoms with Gasteiger partial charge in [0, 0.05) is 12.1 Å². The van der Waals surface area contributed by atoms with Crippen molar-refractivity contribution in [1.29, 1.82) is 0 Å². The van der Waals surface area contributed by atoms with Crippen molar-refractivity contribution in [2.45, 2.75) is 0 Å². The van der Waals surface area contributed by atoms with Gasteiger partial charge in [-0.25, -0.2) is 4.39 Å². The third kappa shape index (κ3) is 2.07. The second kappa shape index (κ2) is 4.53. The molecule has 1 aromatic heterocycles. The molecule has 0 radical (unpaired) electrons. The number of hydrogen-bond donors (Lipinski definition) is 0. The van der Waals surface area contributed by atoms with Crippen molar-refractivity contribution in [3.8, 4) is 5.69 Å². The highest BCUT2D eigenvalue weighted by atomic mass is 35.5. The van der Waals surface area contributed by atoms with Gasteiger partial charge in [-0.2, -0.15) is 9.78 Å². The van der Waals surface area contributed by atoms with Crippen LogP contribution in [-0.4, -0.2) is 14.7 Å². The monoisotopic (exact) mass is 269 g/mol. The van der Waals surface area contributed by atoms with Crippen LogP contribution in [0.25, 0.3) is 5.69 Å². The molecular formula is C10H5ClFN3O3. The average Bonchev–Trinajstić information content (AvgIpc) is 2.36. The maximum atomic E-state index is 12.9. The number of aromatic nitrogens is 2. The van der Waals surface area contributed by atoms with E-state index in [1.54, 1.807) is 0 Å². The highest BCUT2D eigenvalue weighted by molar-refractivity contribution is 6.30. The molecule has 0 saturated heterocycles. The van der Waals surface area contributed by atoms with E-state index in [2.05, 4.69) is 5.10 Å². The van der Waals surface area contributed by atoms with Gasteiger partial charge in [-0.1, -0.05) is 11.6 Å². The molecule has 1 heterocycles. The van der Waals surface area contributed by atoms with E-state index in [1.165, 1.54) is 24.3 Å². The van der Waals surface area contributed by atoms with Crippen LogP contribution in [0, 0.1) is 15.9 Å². The van der Waals surface area contributed by atoms with Crippen LogP contribution in [-0.2, 0) is 0 Å². The minimum atomic E-state index is -0.917. The molecule has 1 aromatic carbocycles. The first-order valence-electron chi connectivity index (χ1n) is 4.69. The molecule has 0 atom stereocenters. The Morgan fingerprint density at radius 1 is 1.33 bits per heavy atom. The summed E-state index contributed by atoms with van der Waals surface area (Å²) in [5, 5.41) is 13.4. The van der Waals surface area contributed by atoms with E-state index in [0.717, 1.165) is 10.9 Å². The number of non-ortho nitro benzene ring substituents is 1. The summed E-state index contributed by atoms with van der Waals surface area (Å²) in [6, 6.07) is 5.06. The summed E-state index contributed by atoms with van der Waals surface area (Å²) in [4.78, 5) is 21.5. The van der Waals surface area contributed by atoms with Crippen molar-refractivity contribution < 1.29 is 9.31 Å². The Morgan fingerprint density at radius 2 is 1.94 bits per heavy atom. The number of benzene rings is 1. The lowest BCUT2D eigenvalue weighted by Crippen LogP contribution is -2.22. The quantitative estimate of drug-likeness (QED) is 0.616. The second-order valence-corrected chi connectivity index (χ2v) is 3.67. The number of nitro groups is 1. The van der Waals surface area contributed by atoms with Crippen molar-refractivity contribution in [3.63, 3.8) is 0 Å². The number of halogens is 2. The number of hydrogen-bond acceptors (Lipinski definition) is 4. The van der Waals surface area contributed by atoms with Crippen LogP contribution in [0.1, 0.15) is 0 Å². The highest BCUT2D eigenvalue weighted by Gasteiger charge is 2.11. The predicted molar refractivity (Wildman–Crippen MR) is 61.5 cm³/mol. The molecule has 18 heavy (non-hydrogen) atoms. The molecule has 0 spiro atoms. The molecule has 92 valence electrons. The van der Waals surface area contributed by atoms with Crippen LogP contribution < -0.4 is 5.56 Å². The number of nitrogens with zero attached hydrogens (tertiary/aromatic N) is 3. The van der Waals surface area contributed by atoms with Crippen molar-refractivity contribution in [2.24, 2.45) is 0 Å². The molecule has 0 aliphatic heterocycles. The summed E-state index contributed by atoms with van der Waals surface area (Å²) in [5.41, 5.74) is -0.696. The Labute approximate surface area is 104 Å². The third-order valence-corrected chi connectivity index (χ3v) is 2.52. The molecular weight excluding hydrogens is 265 g/mol. The summed E-state index contributed by atoms with van der Waals surface area (Å²) in [5.74, 6) is -0.917. The molecule has 2 rings (SSSR count). The first kappa shape index (κ1) is 12.2. The van der Waals surface area contributed by atoms with Gasteiger partial charge in [0.25, 0.3) is 11.2 Å². The highest BCUT2D eigenvalue weighted by Crippen LogP contribution is 2.14. The van der Waals surface area contributed by atoms with Gasteiger partial charge in [0.05, 0.1) is 16.8 Å². The molecule has 0 aliphatic rings. The van der Waals surface area contributed by atoms with Gasteiger partial charge in [-0.15, -0.1) is 0 Å². The Balaban J connectivity index is 2.53. The fourth-order valence-corrected chi connectivity index (χ4v) is 1.44. The van der Waals surface area contributed by atoms with Crippen molar-refractivity contribution >= 4 is 17.3 Å². The molecule has 0 bridgehead atoms. The number of nitro benzene ring substituents is 1. The van der Waals surface area contributed by atoms with Gasteiger partial charge in [-0.05, 0) is 12.1 Å². The van der Waals surface area contributed by atoms with Gasteiger partial charge in [0.2, 0.25) is 0 Å². The zero-order chi connectivity index (χ0) is 13.3. The molecule has 0 saturated carbocycles. The van der Waals surface area contributed by atoms with Crippen LogP contribution in [0.15, 0.2) is 35.3 Å². The van der Waals surface area contributed by atoms with Gasteiger partial charge < -0.3 is 0 Å². The summed E-state index contributed by atoms with van der Waals surface area (Å²) in [7, 11) is 0. The van der Waals surface area contributed by atoms with Gasteiger partial charge in [0.15, 0.2) is 5.82 Å². The van der Waals surface area contributed by atoms with E-state index in [4.69, 9.17) is 11.6 Å². The van der Waals surface area contributed by atoms with Gasteiger partial charge in [-0.3, -0.25) is 14.9 Å². The maximum absolute atomic E-state index is 12.9. The van der Waals surface area contributed by atoms with E-state index >= 15 is 0 Å². The van der Waals surface area contributed by atoms with Gasteiger partial charge >= 0.3 is 0 Å². The third-order valence-electron chi connectivity index (χ3n) is 2.18. The maximum Gasteiger partial charge on any atom is 0.293 e. The minimum absolute atomic E-state index is 0.125. The summed E-state index contributed by atoms with van der Waals surface area (Å²) in [6.45, 7) is 0. The van der Waals surface area contributed by atoms with Crippen molar-refractivity contribution in [1.82, 2.24) is 9.78 Å². The molecule has 8 heteroatoms. The lowest BCUT2D eigenvalue weighted by Gasteiger charge is -2.04. The Morgan fingerprint density at radius 3 is 2.50 bits per heavy atom. The van der Waals surface area contributed by atoms with Gasteiger partial charge in [0.1, 0.15) is 5.02 Å². The average molecular weight is 270 g/mol. The Kier molecular flexibility index (Phi) is 3.07. The largest absolute Gasteiger partial charge is 0.293 e. The molecule has 0 unspecified atom stereocenters. The summed E-state index contributed by atoms with van der Waals surface area (Å²) < 4.78 is 13.8. The number of rotatable bonds is 2. The Bertz CT molecular complexity index is 669. The van der Waals surface area contributed by atoms with Crippen LogP contribution in [0.5, 0.6) is 0 Å². The summed E-state index contributed by atoms with van der Waals surface area (Å²) in [6.07, 6.45) is 0.797. The lowest BCUT2D eigenvalue weighted by atomic mass is 10.3. The minimum Gasteiger partial charge on any atom is -0.266 e. The zero-order valence-corrected chi connectivity index (χ0v) is 9.46. The van der Waals surface area contributed by atoms with E-state index in [-0.39, 0.29) is 11.4 Å². The SMILES string of the molecule is O=c1c(Cl)c(F)cnn1-c1ccc([N+](=O)[O-])cc1. The van der Waals surface area contributed by atoms with E-state index in [1.807, 2.05) is 0 Å². The molecule has 0 amide bonds. The van der Waals surface area contributed by atoms with Crippen LogP contribution in [0.4, 0.5) is 10.1 Å². The fraction of sp³-hybridized carbons (Fsp3) is 0. The van der Waals surface area contributed by atoms with Crippen molar-refractivity contribution in [3.05, 3.63) is 61.8 Å². The molecule has 0 aliphatic carbocycles. The van der Waals surface area contributed by atoms with Crippen molar-refractivity contribution in [2.75, 3.05) is 0 Å². The van der Waals surface area contributed by atoms with E-state index < -0.39 is 21.3 Å². The van der Waals surface area contributed by atoms with Crippen LogP contribution in [0.2, 0.25) is 5.02 Å². The van der Waals surface area contributed by atoms with Crippen LogP contribution in [0.3, 0.4) is 0 Å². The standard InChI is InChI=1S/C10H5ClFN3O3/c11-9-8(12)5-13-14(10(9)16)6-1-3-7(4-2-6)15(17)18/h1-5H. The normalized spacial score (nSPS) is 10.3. The smallest absolute Gasteiger partial charge is 0.266 e.